The molecule has 2 nitrogen and oxygen atoms in total. The van der Waals surface area contributed by atoms with E-state index in [0.717, 1.165) is 11.3 Å². The number of para-hydroxylation sites is 2. The van der Waals surface area contributed by atoms with Crippen molar-refractivity contribution >= 4 is 5.69 Å². The van der Waals surface area contributed by atoms with E-state index >= 15 is 0 Å². The highest BCUT2D eigenvalue weighted by Gasteiger charge is 1.96. The second-order valence-corrected chi connectivity index (χ2v) is 2.78. The van der Waals surface area contributed by atoms with E-state index in [1.54, 1.807) is 0 Å². The summed E-state index contributed by atoms with van der Waals surface area (Å²) in [5.74, 6) is 0.723. The lowest BCUT2D eigenvalue weighted by atomic mass is 10.3. The molecular formula is C10H13ClNO-. The third-order valence-electron chi connectivity index (χ3n) is 1.39. The summed E-state index contributed by atoms with van der Waals surface area (Å²) in [6.07, 6.45) is 0. The van der Waals surface area contributed by atoms with E-state index in [0.29, 0.717) is 12.3 Å². The molecule has 0 aliphatic rings. The Labute approximate surface area is 84.8 Å². The van der Waals surface area contributed by atoms with Gasteiger partial charge in [0.2, 0.25) is 0 Å². The minimum atomic E-state index is 0. The molecule has 0 spiro atoms. The van der Waals surface area contributed by atoms with Crippen LogP contribution >= 0.6 is 0 Å². The number of anilines is 1. The van der Waals surface area contributed by atoms with Gasteiger partial charge in [0.25, 0.3) is 0 Å². The lowest BCUT2D eigenvalue weighted by Gasteiger charge is -2.07. The van der Waals surface area contributed by atoms with Crippen LogP contribution in [0.15, 0.2) is 36.4 Å². The van der Waals surface area contributed by atoms with Crippen LogP contribution in [-0.4, -0.2) is 6.61 Å². The SMILES string of the molecule is C=C(C)COc1ccccc1N.[Cl-]. The van der Waals surface area contributed by atoms with Crippen molar-refractivity contribution in [2.24, 2.45) is 0 Å². The molecule has 1 aromatic rings. The Hall–Kier alpha value is -1.15. The Kier molecular flexibility index (Phi) is 5.00. The van der Waals surface area contributed by atoms with Gasteiger partial charge in [-0.05, 0) is 24.6 Å². The average Bonchev–Trinajstić information content (AvgIpc) is 2.03. The van der Waals surface area contributed by atoms with Crippen LogP contribution in [0.5, 0.6) is 5.75 Å². The second kappa shape index (κ2) is 5.49. The zero-order valence-corrected chi connectivity index (χ0v) is 8.34. The van der Waals surface area contributed by atoms with Crippen LogP contribution in [0, 0.1) is 0 Å². The highest BCUT2D eigenvalue weighted by atomic mass is 35.5. The number of rotatable bonds is 3. The molecule has 0 saturated carbocycles. The molecular weight excluding hydrogens is 186 g/mol. The first-order valence-electron chi connectivity index (χ1n) is 3.82. The summed E-state index contributed by atoms with van der Waals surface area (Å²) < 4.78 is 5.37. The third-order valence-corrected chi connectivity index (χ3v) is 1.39. The van der Waals surface area contributed by atoms with Gasteiger partial charge in [0.1, 0.15) is 12.4 Å². The first kappa shape index (κ1) is 11.8. The summed E-state index contributed by atoms with van der Waals surface area (Å²) in [6, 6.07) is 7.43. The summed E-state index contributed by atoms with van der Waals surface area (Å²) in [5, 5.41) is 0. The Morgan fingerprint density at radius 2 is 2.08 bits per heavy atom. The molecule has 3 heteroatoms. The lowest BCUT2D eigenvalue weighted by molar-refractivity contribution is -0.00000288. The summed E-state index contributed by atoms with van der Waals surface area (Å²) in [4.78, 5) is 0. The number of nitrogens with two attached hydrogens (primary N) is 1. The predicted octanol–water partition coefficient (Wildman–Crippen LogP) is -0.772. The van der Waals surface area contributed by atoms with Crippen molar-refractivity contribution in [3.63, 3.8) is 0 Å². The molecule has 1 aromatic carbocycles. The number of nitrogen functional groups attached to an aromatic ring is 1. The number of hydrogen-bond donors (Lipinski definition) is 1. The van der Waals surface area contributed by atoms with Crippen molar-refractivity contribution in [3.8, 4) is 5.75 Å². The molecule has 0 aliphatic carbocycles. The number of ether oxygens (including phenoxy) is 1. The van der Waals surface area contributed by atoms with E-state index in [-0.39, 0.29) is 12.4 Å². The molecule has 1 rings (SSSR count). The Morgan fingerprint density at radius 1 is 1.46 bits per heavy atom. The van der Waals surface area contributed by atoms with E-state index in [1.165, 1.54) is 0 Å². The number of hydrogen-bond acceptors (Lipinski definition) is 2. The van der Waals surface area contributed by atoms with E-state index in [2.05, 4.69) is 6.58 Å². The van der Waals surface area contributed by atoms with Crippen LogP contribution in [0.2, 0.25) is 0 Å². The zero-order chi connectivity index (χ0) is 8.97. The van der Waals surface area contributed by atoms with Crippen molar-refractivity contribution in [2.45, 2.75) is 6.92 Å². The number of benzene rings is 1. The van der Waals surface area contributed by atoms with Crippen molar-refractivity contribution < 1.29 is 17.1 Å². The lowest BCUT2D eigenvalue weighted by Crippen LogP contribution is -3.00. The monoisotopic (exact) mass is 198 g/mol. The molecule has 0 aliphatic heterocycles. The standard InChI is InChI=1S/C10H13NO.ClH/c1-8(2)7-12-10-6-4-3-5-9(10)11;/h3-6H,1,7,11H2,2H3;1H/p-1. The maximum absolute atomic E-state index is 5.65. The van der Waals surface area contributed by atoms with E-state index in [4.69, 9.17) is 10.5 Å². The van der Waals surface area contributed by atoms with Crippen LogP contribution in [0.1, 0.15) is 6.92 Å². The summed E-state index contributed by atoms with van der Waals surface area (Å²) in [6.45, 7) is 6.17. The molecule has 0 fully saturated rings. The van der Waals surface area contributed by atoms with Crippen LogP contribution in [-0.2, 0) is 0 Å². The van der Waals surface area contributed by atoms with Crippen LogP contribution in [0.4, 0.5) is 5.69 Å². The molecule has 0 bridgehead atoms. The fraction of sp³-hybridized carbons (Fsp3) is 0.200. The number of halogens is 1. The van der Waals surface area contributed by atoms with E-state index in [1.807, 2.05) is 31.2 Å². The van der Waals surface area contributed by atoms with E-state index < -0.39 is 0 Å². The largest absolute Gasteiger partial charge is 1.00 e. The van der Waals surface area contributed by atoms with Crippen LogP contribution < -0.4 is 22.9 Å². The fourth-order valence-electron chi connectivity index (χ4n) is 0.813. The molecule has 0 heterocycles. The second-order valence-electron chi connectivity index (χ2n) is 2.78. The van der Waals surface area contributed by atoms with Gasteiger partial charge in [-0.3, -0.25) is 0 Å². The van der Waals surface area contributed by atoms with Crippen molar-refractivity contribution in [2.75, 3.05) is 12.3 Å². The molecule has 72 valence electrons. The Morgan fingerprint density at radius 3 is 2.62 bits per heavy atom. The molecule has 0 aromatic heterocycles. The third kappa shape index (κ3) is 3.85. The van der Waals surface area contributed by atoms with Gasteiger partial charge in [0.05, 0.1) is 5.69 Å². The summed E-state index contributed by atoms with van der Waals surface area (Å²) >= 11 is 0. The fourth-order valence-corrected chi connectivity index (χ4v) is 0.813. The molecule has 0 radical (unpaired) electrons. The maximum atomic E-state index is 5.65. The summed E-state index contributed by atoms with van der Waals surface area (Å²) in [7, 11) is 0. The molecule has 0 saturated heterocycles. The van der Waals surface area contributed by atoms with Gasteiger partial charge >= 0.3 is 0 Å². The van der Waals surface area contributed by atoms with Gasteiger partial charge in [-0.15, -0.1) is 0 Å². The first-order chi connectivity index (χ1) is 5.70. The van der Waals surface area contributed by atoms with Gasteiger partial charge < -0.3 is 22.9 Å². The molecule has 2 N–H and O–H groups in total. The molecule has 0 unspecified atom stereocenters. The first-order valence-corrected chi connectivity index (χ1v) is 3.82. The molecule has 0 amide bonds. The topological polar surface area (TPSA) is 35.2 Å². The van der Waals surface area contributed by atoms with Gasteiger partial charge in [0.15, 0.2) is 0 Å². The van der Waals surface area contributed by atoms with E-state index in [9.17, 15) is 0 Å². The predicted molar refractivity (Wildman–Crippen MR) is 51.2 cm³/mol. The van der Waals surface area contributed by atoms with Gasteiger partial charge in [-0.1, -0.05) is 18.7 Å². The van der Waals surface area contributed by atoms with Gasteiger partial charge in [0, 0.05) is 0 Å². The average molecular weight is 199 g/mol. The van der Waals surface area contributed by atoms with Crippen molar-refractivity contribution in [3.05, 3.63) is 36.4 Å². The highest BCUT2D eigenvalue weighted by Crippen LogP contribution is 2.19. The molecule has 0 atom stereocenters. The van der Waals surface area contributed by atoms with Crippen LogP contribution in [0.25, 0.3) is 0 Å². The van der Waals surface area contributed by atoms with Crippen molar-refractivity contribution in [1.82, 2.24) is 0 Å². The summed E-state index contributed by atoms with van der Waals surface area (Å²) in [5.41, 5.74) is 7.30. The zero-order valence-electron chi connectivity index (χ0n) is 7.59. The maximum Gasteiger partial charge on any atom is 0.142 e. The minimum Gasteiger partial charge on any atom is -1.00 e. The van der Waals surface area contributed by atoms with Gasteiger partial charge in [-0.2, -0.15) is 0 Å². The smallest absolute Gasteiger partial charge is 0.142 e. The van der Waals surface area contributed by atoms with Gasteiger partial charge in [-0.25, -0.2) is 0 Å². The Bertz CT molecular complexity index is 286. The molecule has 13 heavy (non-hydrogen) atoms. The van der Waals surface area contributed by atoms with Crippen LogP contribution in [0.3, 0.4) is 0 Å². The van der Waals surface area contributed by atoms with Crippen molar-refractivity contribution in [1.29, 1.82) is 0 Å². The normalized spacial score (nSPS) is 8.69. The highest BCUT2D eigenvalue weighted by molar-refractivity contribution is 5.51. The minimum absolute atomic E-state index is 0. The quantitative estimate of drug-likeness (QED) is 0.512. The Balaban J connectivity index is 0.00000144.